The lowest BCUT2D eigenvalue weighted by Crippen LogP contribution is -2.04. The van der Waals surface area contributed by atoms with Crippen LogP contribution in [0.2, 0.25) is 10.3 Å². The van der Waals surface area contributed by atoms with E-state index >= 15 is 0 Å². The molecule has 0 unspecified atom stereocenters. The van der Waals surface area contributed by atoms with E-state index in [0.29, 0.717) is 11.8 Å². The molecular weight excluding hydrogens is 245 g/mol. The molecule has 0 aliphatic carbocycles. The Morgan fingerprint density at radius 1 is 1.12 bits per heavy atom. The van der Waals surface area contributed by atoms with Crippen molar-refractivity contribution >= 4 is 23.2 Å². The lowest BCUT2D eigenvalue weighted by molar-refractivity contribution is 0.733. The van der Waals surface area contributed by atoms with Gasteiger partial charge in [-0.15, -0.1) is 10.2 Å². The quantitative estimate of drug-likeness (QED) is 0.844. The Labute approximate surface area is 104 Å². The summed E-state index contributed by atoms with van der Waals surface area (Å²) in [5, 5.41) is 9.01. The van der Waals surface area contributed by atoms with Crippen LogP contribution in [-0.2, 0) is 13.0 Å². The molecule has 0 aliphatic heterocycles. The first-order valence-corrected chi connectivity index (χ1v) is 5.78. The molecule has 0 saturated heterocycles. The summed E-state index contributed by atoms with van der Waals surface area (Å²) in [5.41, 5.74) is 1.13. The van der Waals surface area contributed by atoms with E-state index in [0.717, 1.165) is 22.8 Å². The third kappa shape index (κ3) is 2.36. The van der Waals surface area contributed by atoms with E-state index in [1.165, 1.54) is 0 Å². The van der Waals surface area contributed by atoms with Crippen molar-refractivity contribution in [1.82, 2.24) is 14.8 Å². The Morgan fingerprint density at radius 2 is 1.81 bits per heavy atom. The van der Waals surface area contributed by atoms with Gasteiger partial charge in [0.2, 0.25) is 5.28 Å². The van der Waals surface area contributed by atoms with E-state index in [2.05, 4.69) is 10.2 Å². The average molecular weight is 256 g/mol. The van der Waals surface area contributed by atoms with Gasteiger partial charge < -0.3 is 0 Å². The minimum Gasteiger partial charge on any atom is -0.297 e. The minimum absolute atomic E-state index is 0.423. The van der Waals surface area contributed by atoms with Crippen LogP contribution in [0.15, 0.2) is 24.3 Å². The van der Waals surface area contributed by atoms with Gasteiger partial charge in [0.15, 0.2) is 0 Å². The van der Waals surface area contributed by atoms with Crippen molar-refractivity contribution in [3.8, 4) is 0 Å². The van der Waals surface area contributed by atoms with Crippen molar-refractivity contribution in [2.75, 3.05) is 0 Å². The van der Waals surface area contributed by atoms with Gasteiger partial charge in [0.1, 0.15) is 5.82 Å². The molecule has 3 nitrogen and oxygen atoms in total. The summed E-state index contributed by atoms with van der Waals surface area (Å²) in [6, 6.07) is 7.66. The number of rotatable bonds is 3. The van der Waals surface area contributed by atoms with E-state index in [1.54, 1.807) is 0 Å². The number of aromatic nitrogens is 3. The number of aryl methyl sites for hydroxylation is 1. The molecule has 0 spiro atoms. The molecule has 0 saturated carbocycles. The third-order valence-electron chi connectivity index (χ3n) is 2.35. The fourth-order valence-electron chi connectivity index (χ4n) is 1.50. The zero-order valence-electron chi connectivity index (χ0n) is 8.82. The zero-order chi connectivity index (χ0) is 11.5. The van der Waals surface area contributed by atoms with E-state index in [-0.39, 0.29) is 0 Å². The first-order chi connectivity index (χ1) is 7.70. The molecule has 0 bridgehead atoms. The molecule has 0 radical (unpaired) electrons. The second-order valence-corrected chi connectivity index (χ2v) is 4.23. The molecule has 2 aromatic rings. The van der Waals surface area contributed by atoms with Crippen LogP contribution in [-0.4, -0.2) is 14.8 Å². The second-order valence-electron chi connectivity index (χ2n) is 3.45. The first-order valence-electron chi connectivity index (χ1n) is 5.02. The molecule has 2 rings (SSSR count). The highest BCUT2D eigenvalue weighted by Crippen LogP contribution is 2.14. The monoisotopic (exact) mass is 255 g/mol. The Balaban J connectivity index is 2.26. The van der Waals surface area contributed by atoms with Crippen LogP contribution in [0.25, 0.3) is 0 Å². The topological polar surface area (TPSA) is 30.7 Å². The van der Waals surface area contributed by atoms with Crippen molar-refractivity contribution in [2.45, 2.75) is 19.9 Å². The molecule has 0 atom stereocenters. The van der Waals surface area contributed by atoms with Crippen LogP contribution in [0.4, 0.5) is 0 Å². The van der Waals surface area contributed by atoms with Crippen molar-refractivity contribution in [2.24, 2.45) is 0 Å². The molecule has 0 amide bonds. The highest BCUT2D eigenvalue weighted by atomic mass is 35.5. The van der Waals surface area contributed by atoms with Gasteiger partial charge >= 0.3 is 0 Å². The fraction of sp³-hybridized carbons (Fsp3) is 0.273. The maximum atomic E-state index is 5.97. The summed E-state index contributed by atoms with van der Waals surface area (Å²) in [6.45, 7) is 2.70. The van der Waals surface area contributed by atoms with Gasteiger partial charge in [-0.3, -0.25) is 4.57 Å². The van der Waals surface area contributed by atoms with Gasteiger partial charge in [-0.1, -0.05) is 30.7 Å². The predicted molar refractivity (Wildman–Crippen MR) is 65.0 cm³/mol. The smallest absolute Gasteiger partial charge is 0.225 e. The second kappa shape index (κ2) is 4.85. The third-order valence-corrected chi connectivity index (χ3v) is 2.88. The maximum absolute atomic E-state index is 5.97. The minimum atomic E-state index is 0.423. The number of halogens is 2. The molecule has 5 heteroatoms. The summed E-state index contributed by atoms with van der Waals surface area (Å²) in [6.07, 6.45) is 0.813. The Kier molecular flexibility index (Phi) is 3.46. The SMILES string of the molecule is CCc1nnc(Cl)n1Cc1ccc(Cl)cc1. The van der Waals surface area contributed by atoms with Crippen LogP contribution in [0.1, 0.15) is 18.3 Å². The normalized spacial score (nSPS) is 10.7. The molecule has 16 heavy (non-hydrogen) atoms. The van der Waals surface area contributed by atoms with Crippen molar-refractivity contribution in [1.29, 1.82) is 0 Å². The van der Waals surface area contributed by atoms with Crippen LogP contribution < -0.4 is 0 Å². The molecule has 1 aromatic heterocycles. The Bertz CT molecular complexity index is 476. The van der Waals surface area contributed by atoms with E-state index in [9.17, 15) is 0 Å². The molecule has 84 valence electrons. The van der Waals surface area contributed by atoms with Gasteiger partial charge in [0, 0.05) is 11.4 Å². The van der Waals surface area contributed by atoms with Crippen molar-refractivity contribution in [3.05, 3.63) is 46.0 Å². The summed E-state index contributed by atoms with van der Waals surface area (Å²) in [7, 11) is 0. The lowest BCUT2D eigenvalue weighted by atomic mass is 10.2. The summed E-state index contributed by atoms with van der Waals surface area (Å²) in [4.78, 5) is 0. The van der Waals surface area contributed by atoms with Gasteiger partial charge in [-0.05, 0) is 29.3 Å². The Morgan fingerprint density at radius 3 is 2.44 bits per heavy atom. The molecule has 0 fully saturated rings. The average Bonchev–Trinajstić information content (AvgIpc) is 2.63. The summed E-state index contributed by atoms with van der Waals surface area (Å²) in [5.74, 6) is 0.889. The molecule has 1 aromatic carbocycles. The molecular formula is C11H11Cl2N3. The van der Waals surface area contributed by atoms with Crippen LogP contribution in [0, 0.1) is 0 Å². The highest BCUT2D eigenvalue weighted by Gasteiger charge is 2.08. The van der Waals surface area contributed by atoms with E-state index in [1.807, 2.05) is 35.8 Å². The van der Waals surface area contributed by atoms with Gasteiger partial charge in [-0.25, -0.2) is 0 Å². The van der Waals surface area contributed by atoms with Gasteiger partial charge in [0.05, 0.1) is 6.54 Å². The van der Waals surface area contributed by atoms with Gasteiger partial charge in [0.25, 0.3) is 0 Å². The number of nitrogens with zero attached hydrogens (tertiary/aromatic N) is 3. The standard InChI is InChI=1S/C11H11Cl2N3/c1-2-10-14-15-11(13)16(10)7-8-3-5-9(12)6-4-8/h3-6H,2,7H2,1H3. The first kappa shape index (κ1) is 11.4. The van der Waals surface area contributed by atoms with Crippen molar-refractivity contribution in [3.63, 3.8) is 0 Å². The van der Waals surface area contributed by atoms with Gasteiger partial charge in [-0.2, -0.15) is 0 Å². The van der Waals surface area contributed by atoms with E-state index < -0.39 is 0 Å². The van der Waals surface area contributed by atoms with Crippen molar-refractivity contribution < 1.29 is 0 Å². The maximum Gasteiger partial charge on any atom is 0.225 e. The highest BCUT2D eigenvalue weighted by molar-refractivity contribution is 6.30. The fourth-order valence-corrected chi connectivity index (χ4v) is 1.82. The van der Waals surface area contributed by atoms with Crippen LogP contribution >= 0.6 is 23.2 Å². The largest absolute Gasteiger partial charge is 0.297 e. The summed E-state index contributed by atoms with van der Waals surface area (Å²) < 4.78 is 1.89. The molecule has 0 aliphatic rings. The lowest BCUT2D eigenvalue weighted by Gasteiger charge is -2.06. The number of hydrogen-bond donors (Lipinski definition) is 0. The van der Waals surface area contributed by atoms with E-state index in [4.69, 9.17) is 23.2 Å². The Hall–Kier alpha value is -1.06. The predicted octanol–water partition coefficient (Wildman–Crippen LogP) is 3.20. The number of benzene rings is 1. The van der Waals surface area contributed by atoms with Crippen LogP contribution in [0.5, 0.6) is 0 Å². The summed E-state index contributed by atoms with van der Waals surface area (Å²) >= 11 is 11.8. The molecule has 0 N–H and O–H groups in total. The molecule has 1 heterocycles. The van der Waals surface area contributed by atoms with Crippen LogP contribution in [0.3, 0.4) is 0 Å². The number of hydrogen-bond acceptors (Lipinski definition) is 2. The zero-order valence-corrected chi connectivity index (χ0v) is 10.3.